The Hall–Kier alpha value is -0.860. The highest BCUT2D eigenvalue weighted by molar-refractivity contribution is 5.22. The molecule has 2 nitrogen and oxygen atoms in total. The van der Waals surface area contributed by atoms with Gasteiger partial charge in [0.05, 0.1) is 0 Å². The Morgan fingerprint density at radius 1 is 0.958 bits per heavy atom. The number of nitrogens with zero attached hydrogens (tertiary/aromatic N) is 2. The normalized spacial score (nSPS) is 31.4. The zero-order valence-corrected chi connectivity index (χ0v) is 15.0. The first-order valence-electron chi connectivity index (χ1n) is 10.3. The highest BCUT2D eigenvalue weighted by atomic mass is 15.2. The zero-order valence-electron chi connectivity index (χ0n) is 15.0. The van der Waals surface area contributed by atoms with Crippen molar-refractivity contribution < 1.29 is 0 Å². The zero-order chi connectivity index (χ0) is 16.0. The van der Waals surface area contributed by atoms with Crippen molar-refractivity contribution in [1.29, 1.82) is 0 Å². The van der Waals surface area contributed by atoms with E-state index in [9.17, 15) is 0 Å². The van der Waals surface area contributed by atoms with Gasteiger partial charge in [-0.15, -0.1) is 0 Å². The molecule has 0 N–H and O–H groups in total. The molecule has 1 aromatic rings. The summed E-state index contributed by atoms with van der Waals surface area (Å²) in [5, 5.41) is 0. The Bertz CT molecular complexity index is 553. The van der Waals surface area contributed by atoms with Crippen LogP contribution in [0.3, 0.4) is 0 Å². The molecule has 1 spiro atoms. The minimum absolute atomic E-state index is 0.599. The monoisotopic (exact) mass is 324 g/mol. The Morgan fingerprint density at radius 3 is 2.38 bits per heavy atom. The average Bonchev–Trinajstić information content (AvgIpc) is 3.52. The van der Waals surface area contributed by atoms with E-state index in [1.165, 1.54) is 77.7 Å². The Morgan fingerprint density at radius 2 is 1.71 bits per heavy atom. The Labute approximate surface area is 147 Å². The molecular formula is C22H32N2. The van der Waals surface area contributed by atoms with Crippen LogP contribution in [0, 0.1) is 11.3 Å². The lowest BCUT2D eigenvalue weighted by Crippen LogP contribution is -2.52. The van der Waals surface area contributed by atoms with Crippen molar-refractivity contribution in [3.8, 4) is 0 Å². The molecule has 1 atom stereocenters. The van der Waals surface area contributed by atoms with E-state index in [1.807, 2.05) is 0 Å². The first-order chi connectivity index (χ1) is 11.8. The number of rotatable bonds is 4. The van der Waals surface area contributed by atoms with E-state index in [2.05, 4.69) is 40.1 Å². The number of hydrogen-bond donors (Lipinski definition) is 0. The lowest BCUT2D eigenvalue weighted by molar-refractivity contribution is 0.00927. The topological polar surface area (TPSA) is 6.48 Å². The van der Waals surface area contributed by atoms with Gasteiger partial charge in [-0.25, -0.2) is 0 Å². The second-order valence-corrected chi connectivity index (χ2v) is 9.22. The summed E-state index contributed by atoms with van der Waals surface area (Å²) in [6.45, 7) is 6.80. The maximum atomic E-state index is 2.87. The van der Waals surface area contributed by atoms with Crippen LogP contribution in [-0.2, 0) is 0 Å². The molecule has 2 heterocycles. The van der Waals surface area contributed by atoms with E-state index in [1.54, 1.807) is 5.56 Å². The summed E-state index contributed by atoms with van der Waals surface area (Å²) in [6.07, 6.45) is 10.2. The first-order valence-corrected chi connectivity index (χ1v) is 10.3. The third kappa shape index (κ3) is 3.28. The molecule has 0 amide bonds. The van der Waals surface area contributed by atoms with Crippen LogP contribution in [0.1, 0.15) is 56.4 Å². The average molecular weight is 325 g/mol. The van der Waals surface area contributed by atoms with E-state index in [4.69, 9.17) is 0 Å². The molecule has 24 heavy (non-hydrogen) atoms. The van der Waals surface area contributed by atoms with Gasteiger partial charge in [0.15, 0.2) is 0 Å². The van der Waals surface area contributed by atoms with Crippen LogP contribution < -0.4 is 0 Å². The summed E-state index contributed by atoms with van der Waals surface area (Å²) in [7, 11) is 0. The molecule has 2 saturated carbocycles. The van der Waals surface area contributed by atoms with Crippen molar-refractivity contribution in [2.24, 2.45) is 11.3 Å². The SMILES string of the molecule is c1ccc([C@H]2CN(C3CC3)CC3(CCN(CC4CC4)CC3)C2)cc1. The molecule has 4 fully saturated rings. The van der Waals surface area contributed by atoms with E-state index < -0.39 is 0 Å². The van der Waals surface area contributed by atoms with Crippen molar-refractivity contribution in [3.63, 3.8) is 0 Å². The van der Waals surface area contributed by atoms with Gasteiger partial charge >= 0.3 is 0 Å². The minimum Gasteiger partial charge on any atom is -0.303 e. The highest BCUT2D eigenvalue weighted by Crippen LogP contribution is 2.48. The molecule has 1 aromatic carbocycles. The van der Waals surface area contributed by atoms with E-state index in [0.29, 0.717) is 5.41 Å². The van der Waals surface area contributed by atoms with Crippen LogP contribution in [0.25, 0.3) is 0 Å². The summed E-state index contributed by atoms with van der Waals surface area (Å²) < 4.78 is 0. The molecule has 2 saturated heterocycles. The van der Waals surface area contributed by atoms with Crippen molar-refractivity contribution in [2.45, 2.75) is 56.9 Å². The van der Waals surface area contributed by atoms with E-state index >= 15 is 0 Å². The lowest BCUT2D eigenvalue weighted by atomic mass is 9.68. The Balaban J connectivity index is 1.31. The molecule has 4 aliphatic rings. The molecule has 2 aliphatic heterocycles. The fourth-order valence-corrected chi connectivity index (χ4v) is 5.33. The summed E-state index contributed by atoms with van der Waals surface area (Å²) in [5.74, 6) is 1.81. The molecular weight excluding hydrogens is 292 g/mol. The van der Waals surface area contributed by atoms with E-state index in [-0.39, 0.29) is 0 Å². The second-order valence-electron chi connectivity index (χ2n) is 9.22. The van der Waals surface area contributed by atoms with Crippen LogP contribution >= 0.6 is 0 Å². The quantitative estimate of drug-likeness (QED) is 0.821. The van der Waals surface area contributed by atoms with Gasteiger partial charge in [0.2, 0.25) is 0 Å². The van der Waals surface area contributed by atoms with Crippen LogP contribution in [0.2, 0.25) is 0 Å². The third-order valence-electron chi connectivity index (χ3n) is 7.14. The molecule has 0 unspecified atom stereocenters. The summed E-state index contributed by atoms with van der Waals surface area (Å²) in [4.78, 5) is 5.65. The van der Waals surface area contributed by atoms with Gasteiger partial charge in [-0.2, -0.15) is 0 Å². The van der Waals surface area contributed by atoms with Gasteiger partial charge in [-0.05, 0) is 80.8 Å². The molecule has 130 valence electrons. The van der Waals surface area contributed by atoms with Gasteiger partial charge < -0.3 is 4.90 Å². The van der Waals surface area contributed by atoms with Gasteiger partial charge in [0, 0.05) is 25.7 Å². The highest BCUT2D eigenvalue weighted by Gasteiger charge is 2.45. The first kappa shape index (κ1) is 15.4. The smallest absolute Gasteiger partial charge is 0.00968 e. The van der Waals surface area contributed by atoms with Crippen LogP contribution in [0.15, 0.2) is 30.3 Å². The third-order valence-corrected chi connectivity index (χ3v) is 7.14. The lowest BCUT2D eigenvalue weighted by Gasteiger charge is -2.50. The van der Waals surface area contributed by atoms with Crippen LogP contribution in [-0.4, -0.2) is 48.6 Å². The largest absolute Gasteiger partial charge is 0.303 e. The number of piperidine rings is 2. The summed E-state index contributed by atoms with van der Waals surface area (Å²) >= 11 is 0. The van der Waals surface area contributed by atoms with Crippen LogP contribution in [0.4, 0.5) is 0 Å². The maximum Gasteiger partial charge on any atom is 0.00968 e. The predicted octanol–water partition coefficient (Wildman–Crippen LogP) is 4.13. The molecule has 0 bridgehead atoms. The minimum atomic E-state index is 0.599. The van der Waals surface area contributed by atoms with Gasteiger partial charge in [0.25, 0.3) is 0 Å². The molecule has 0 radical (unpaired) electrons. The van der Waals surface area contributed by atoms with Gasteiger partial charge in [-0.3, -0.25) is 4.90 Å². The number of likely N-dealkylation sites (tertiary alicyclic amines) is 2. The summed E-state index contributed by atoms with van der Waals surface area (Å²) in [5.41, 5.74) is 2.18. The fourth-order valence-electron chi connectivity index (χ4n) is 5.33. The molecule has 5 rings (SSSR count). The molecule has 0 aromatic heterocycles. The van der Waals surface area contributed by atoms with Gasteiger partial charge in [-0.1, -0.05) is 30.3 Å². The van der Waals surface area contributed by atoms with Crippen molar-refractivity contribution in [1.82, 2.24) is 9.80 Å². The summed E-state index contributed by atoms with van der Waals surface area (Å²) in [6, 6.07) is 12.3. The Kier molecular flexibility index (Phi) is 3.94. The second kappa shape index (κ2) is 6.14. The van der Waals surface area contributed by atoms with E-state index in [0.717, 1.165) is 17.9 Å². The van der Waals surface area contributed by atoms with Crippen molar-refractivity contribution in [2.75, 3.05) is 32.7 Å². The molecule has 2 aliphatic carbocycles. The fraction of sp³-hybridized carbons (Fsp3) is 0.727. The number of hydrogen-bond acceptors (Lipinski definition) is 2. The van der Waals surface area contributed by atoms with Crippen molar-refractivity contribution in [3.05, 3.63) is 35.9 Å². The van der Waals surface area contributed by atoms with Gasteiger partial charge in [0.1, 0.15) is 0 Å². The maximum absolute atomic E-state index is 2.87. The predicted molar refractivity (Wildman–Crippen MR) is 99.2 cm³/mol. The van der Waals surface area contributed by atoms with Crippen molar-refractivity contribution >= 4 is 0 Å². The van der Waals surface area contributed by atoms with Crippen LogP contribution in [0.5, 0.6) is 0 Å². The standard InChI is InChI=1S/C22H32N2/c1-2-4-19(5-3-1)20-14-22(17-24(16-20)21-8-9-21)10-12-23(13-11-22)15-18-6-7-18/h1-5,18,20-21H,6-17H2/t20-/m1/s1. The number of benzene rings is 1. The molecule has 2 heteroatoms.